The quantitative estimate of drug-likeness (QED) is 0.868. The van der Waals surface area contributed by atoms with Crippen LogP contribution in [0.5, 0.6) is 0 Å². The van der Waals surface area contributed by atoms with Crippen molar-refractivity contribution in [2.24, 2.45) is 5.92 Å². The highest BCUT2D eigenvalue weighted by Crippen LogP contribution is 2.24. The molecular weight excluding hydrogens is 226 g/mol. The van der Waals surface area contributed by atoms with Crippen LogP contribution in [0, 0.1) is 5.92 Å². The number of hydrogen-bond acceptors (Lipinski definition) is 3. The Kier molecular flexibility index (Phi) is 3.30. The van der Waals surface area contributed by atoms with E-state index in [1.807, 2.05) is 0 Å². The Morgan fingerprint density at radius 2 is 2.44 bits per heavy atom. The van der Waals surface area contributed by atoms with Crippen molar-refractivity contribution in [1.29, 1.82) is 0 Å². The van der Waals surface area contributed by atoms with Crippen molar-refractivity contribution in [1.82, 2.24) is 14.5 Å². The first-order chi connectivity index (χ1) is 7.64. The number of rotatable bonds is 3. The maximum absolute atomic E-state index is 12.2. The summed E-state index contributed by atoms with van der Waals surface area (Å²) in [7, 11) is -3.32. The number of H-pyrrole nitrogens is 1. The molecule has 1 fully saturated rings. The molecule has 1 atom stereocenters. The molecule has 0 saturated carbocycles. The summed E-state index contributed by atoms with van der Waals surface area (Å²) in [6.45, 7) is 3.38. The van der Waals surface area contributed by atoms with Crippen LogP contribution in [-0.4, -0.2) is 36.0 Å². The molecule has 1 aromatic rings. The van der Waals surface area contributed by atoms with Crippen LogP contribution in [0.15, 0.2) is 17.3 Å². The molecule has 90 valence electrons. The molecule has 0 bridgehead atoms. The number of nitrogens with one attached hydrogen (secondary N) is 1. The summed E-state index contributed by atoms with van der Waals surface area (Å²) in [4.78, 5) is 0.268. The molecule has 1 unspecified atom stereocenters. The minimum atomic E-state index is -3.32. The lowest BCUT2D eigenvalue weighted by Crippen LogP contribution is -2.39. The number of hydrogen-bond donors (Lipinski definition) is 1. The van der Waals surface area contributed by atoms with E-state index in [1.165, 1.54) is 12.4 Å². The van der Waals surface area contributed by atoms with Gasteiger partial charge in [-0.3, -0.25) is 5.10 Å². The van der Waals surface area contributed by atoms with Crippen LogP contribution < -0.4 is 0 Å². The molecule has 0 spiro atoms. The Morgan fingerprint density at radius 3 is 3.06 bits per heavy atom. The molecule has 0 amide bonds. The van der Waals surface area contributed by atoms with Crippen molar-refractivity contribution in [3.05, 3.63) is 12.4 Å². The van der Waals surface area contributed by atoms with Gasteiger partial charge in [0.2, 0.25) is 10.0 Å². The lowest BCUT2D eigenvalue weighted by Gasteiger charge is -2.30. The van der Waals surface area contributed by atoms with Gasteiger partial charge in [-0.25, -0.2) is 8.42 Å². The highest BCUT2D eigenvalue weighted by Gasteiger charge is 2.29. The molecule has 1 aromatic heterocycles. The molecule has 0 radical (unpaired) electrons. The van der Waals surface area contributed by atoms with Crippen LogP contribution in [0.2, 0.25) is 0 Å². The Balaban J connectivity index is 2.18. The standard InChI is InChI=1S/C10H17N3O2S/c1-2-9-4-3-5-13(8-9)16(14,15)10-6-11-12-7-10/h6-7,9H,2-5,8H2,1H3,(H,11,12). The van der Waals surface area contributed by atoms with Crippen molar-refractivity contribution in [3.63, 3.8) is 0 Å². The van der Waals surface area contributed by atoms with Crippen molar-refractivity contribution >= 4 is 10.0 Å². The fraction of sp³-hybridized carbons (Fsp3) is 0.700. The SMILES string of the molecule is CCC1CCCN(S(=O)(=O)c2cn[nH]c2)C1. The van der Waals surface area contributed by atoms with Crippen LogP contribution in [0.25, 0.3) is 0 Å². The zero-order chi connectivity index (χ0) is 11.6. The Hall–Kier alpha value is -0.880. The van der Waals surface area contributed by atoms with Gasteiger partial charge in [0.15, 0.2) is 0 Å². The first-order valence-corrected chi connectivity index (χ1v) is 7.07. The van der Waals surface area contributed by atoms with E-state index in [9.17, 15) is 8.42 Å². The van der Waals surface area contributed by atoms with E-state index in [2.05, 4.69) is 17.1 Å². The van der Waals surface area contributed by atoms with E-state index in [-0.39, 0.29) is 4.90 Å². The summed E-state index contributed by atoms with van der Waals surface area (Å²) in [5.41, 5.74) is 0. The molecule has 0 aliphatic carbocycles. The van der Waals surface area contributed by atoms with Gasteiger partial charge in [-0.2, -0.15) is 9.40 Å². The predicted octanol–water partition coefficient (Wildman–Crippen LogP) is 1.22. The number of sulfonamides is 1. The summed E-state index contributed by atoms with van der Waals surface area (Å²) in [6, 6.07) is 0. The zero-order valence-corrected chi connectivity index (χ0v) is 10.2. The average Bonchev–Trinajstić information content (AvgIpc) is 2.83. The molecule has 6 heteroatoms. The maximum Gasteiger partial charge on any atom is 0.246 e. The fourth-order valence-corrected chi connectivity index (χ4v) is 3.57. The third-order valence-corrected chi connectivity index (χ3v) is 5.00. The summed E-state index contributed by atoms with van der Waals surface area (Å²) >= 11 is 0. The highest BCUT2D eigenvalue weighted by atomic mass is 32.2. The first-order valence-electron chi connectivity index (χ1n) is 5.63. The zero-order valence-electron chi connectivity index (χ0n) is 9.39. The Bertz CT molecular complexity index is 427. The molecule has 0 aromatic carbocycles. The van der Waals surface area contributed by atoms with E-state index >= 15 is 0 Å². The van der Waals surface area contributed by atoms with Crippen LogP contribution in [0.4, 0.5) is 0 Å². The van der Waals surface area contributed by atoms with E-state index in [1.54, 1.807) is 4.31 Å². The van der Waals surface area contributed by atoms with Gasteiger partial charge in [0.1, 0.15) is 4.90 Å². The second-order valence-electron chi connectivity index (χ2n) is 4.21. The van der Waals surface area contributed by atoms with E-state index in [0.29, 0.717) is 19.0 Å². The van der Waals surface area contributed by atoms with Crippen LogP contribution >= 0.6 is 0 Å². The third kappa shape index (κ3) is 2.12. The van der Waals surface area contributed by atoms with Gasteiger partial charge in [0.25, 0.3) is 0 Å². The molecule has 2 heterocycles. The molecule has 16 heavy (non-hydrogen) atoms. The third-order valence-electron chi connectivity index (χ3n) is 3.17. The topological polar surface area (TPSA) is 66.1 Å². The normalized spacial score (nSPS) is 23.4. The van der Waals surface area contributed by atoms with E-state index < -0.39 is 10.0 Å². The second-order valence-corrected chi connectivity index (χ2v) is 6.15. The average molecular weight is 243 g/mol. The highest BCUT2D eigenvalue weighted by molar-refractivity contribution is 7.89. The summed E-state index contributed by atoms with van der Waals surface area (Å²) < 4.78 is 25.9. The monoisotopic (exact) mass is 243 g/mol. The van der Waals surface area contributed by atoms with Crippen molar-refractivity contribution < 1.29 is 8.42 Å². The lowest BCUT2D eigenvalue weighted by molar-refractivity contribution is 0.261. The summed E-state index contributed by atoms with van der Waals surface area (Å²) in [5.74, 6) is 0.496. The van der Waals surface area contributed by atoms with Crippen LogP contribution in [0.3, 0.4) is 0 Å². The van der Waals surface area contributed by atoms with Crippen molar-refractivity contribution in [2.75, 3.05) is 13.1 Å². The minimum Gasteiger partial charge on any atom is -0.284 e. The largest absolute Gasteiger partial charge is 0.284 e. The summed E-state index contributed by atoms with van der Waals surface area (Å²) in [6.07, 6.45) is 5.93. The number of aromatic nitrogens is 2. The number of piperidine rings is 1. The van der Waals surface area contributed by atoms with E-state index in [4.69, 9.17) is 0 Å². The van der Waals surface area contributed by atoms with Gasteiger partial charge in [-0.1, -0.05) is 13.3 Å². The molecule has 1 N–H and O–H groups in total. The molecule has 2 rings (SSSR count). The van der Waals surface area contributed by atoms with E-state index in [0.717, 1.165) is 19.3 Å². The van der Waals surface area contributed by atoms with Crippen molar-refractivity contribution in [3.8, 4) is 0 Å². The minimum absolute atomic E-state index is 0.268. The van der Waals surface area contributed by atoms with Gasteiger partial charge in [0, 0.05) is 19.3 Å². The van der Waals surface area contributed by atoms with Gasteiger partial charge in [-0.05, 0) is 18.8 Å². The molecule has 1 aliphatic rings. The predicted molar refractivity (Wildman–Crippen MR) is 60.4 cm³/mol. The molecular formula is C10H17N3O2S. The smallest absolute Gasteiger partial charge is 0.246 e. The number of nitrogens with zero attached hydrogens (tertiary/aromatic N) is 2. The van der Waals surface area contributed by atoms with Crippen LogP contribution in [-0.2, 0) is 10.0 Å². The fourth-order valence-electron chi connectivity index (χ4n) is 2.11. The van der Waals surface area contributed by atoms with Gasteiger partial charge in [0.05, 0.1) is 6.20 Å². The molecule has 5 nitrogen and oxygen atoms in total. The van der Waals surface area contributed by atoms with Gasteiger partial charge in [-0.15, -0.1) is 0 Å². The Morgan fingerprint density at radius 1 is 1.62 bits per heavy atom. The lowest BCUT2D eigenvalue weighted by atomic mass is 9.97. The first kappa shape index (κ1) is 11.6. The van der Waals surface area contributed by atoms with Gasteiger partial charge >= 0.3 is 0 Å². The molecule has 1 aliphatic heterocycles. The van der Waals surface area contributed by atoms with Crippen LogP contribution in [0.1, 0.15) is 26.2 Å². The maximum atomic E-state index is 12.2. The van der Waals surface area contributed by atoms with Gasteiger partial charge < -0.3 is 0 Å². The molecule has 1 saturated heterocycles. The van der Waals surface area contributed by atoms with Crippen molar-refractivity contribution in [2.45, 2.75) is 31.1 Å². The Labute approximate surface area is 95.9 Å². The number of aromatic amines is 1. The summed E-state index contributed by atoms with van der Waals surface area (Å²) in [5, 5.41) is 6.24. The second kappa shape index (κ2) is 4.55.